The summed E-state index contributed by atoms with van der Waals surface area (Å²) in [6.07, 6.45) is 4.48. The van der Waals surface area contributed by atoms with Gasteiger partial charge in [-0.2, -0.15) is 0 Å². The molecule has 6 rings (SSSR count). The van der Waals surface area contributed by atoms with Crippen LogP contribution >= 0.6 is 0 Å². The lowest BCUT2D eigenvalue weighted by atomic mass is 9.95. The van der Waals surface area contributed by atoms with Crippen molar-refractivity contribution in [2.45, 2.75) is 38.3 Å². The summed E-state index contributed by atoms with van der Waals surface area (Å²) < 4.78 is 3.43. The van der Waals surface area contributed by atoms with Gasteiger partial charge in [-0.25, -0.2) is 14.6 Å². The first-order chi connectivity index (χ1) is 17.5. The molecular formula is C27H26N6O3. The molecule has 1 amide bonds. The fourth-order valence-corrected chi connectivity index (χ4v) is 5.50. The predicted molar refractivity (Wildman–Crippen MR) is 138 cm³/mol. The van der Waals surface area contributed by atoms with Gasteiger partial charge in [0.25, 0.3) is 0 Å². The number of piperidine rings is 1. The molecule has 4 aromatic heterocycles. The monoisotopic (exact) mass is 482 g/mol. The first kappa shape index (κ1) is 22.2. The Labute approximate surface area is 206 Å². The van der Waals surface area contributed by atoms with Crippen molar-refractivity contribution in [3.63, 3.8) is 0 Å². The molecule has 1 aliphatic rings. The zero-order valence-electron chi connectivity index (χ0n) is 20.1. The molecule has 2 atom stereocenters. The van der Waals surface area contributed by atoms with Crippen LogP contribution in [0.3, 0.4) is 0 Å². The second-order valence-electron chi connectivity index (χ2n) is 9.40. The Morgan fingerprint density at radius 3 is 2.72 bits per heavy atom. The van der Waals surface area contributed by atoms with Crippen LogP contribution < -0.4 is 5.69 Å². The zero-order chi connectivity index (χ0) is 25.0. The van der Waals surface area contributed by atoms with Crippen molar-refractivity contribution in [1.29, 1.82) is 0 Å². The molecule has 36 heavy (non-hydrogen) atoms. The third-order valence-corrected chi connectivity index (χ3v) is 7.42. The molecule has 182 valence electrons. The maximum Gasteiger partial charge on any atom is 0.407 e. The minimum Gasteiger partial charge on any atom is -0.465 e. The minimum atomic E-state index is -0.907. The minimum absolute atomic E-state index is 0.125. The normalized spacial score (nSPS) is 18.3. The summed E-state index contributed by atoms with van der Waals surface area (Å²) in [7, 11) is 1.75. The van der Waals surface area contributed by atoms with Gasteiger partial charge < -0.3 is 10.0 Å². The summed E-state index contributed by atoms with van der Waals surface area (Å²) in [5, 5.41) is 10.6. The maximum absolute atomic E-state index is 13.5. The van der Waals surface area contributed by atoms with Crippen LogP contribution in [0.5, 0.6) is 0 Å². The van der Waals surface area contributed by atoms with Gasteiger partial charge in [0.15, 0.2) is 0 Å². The van der Waals surface area contributed by atoms with Crippen LogP contribution in [0.1, 0.15) is 32.2 Å². The Balaban J connectivity index is 1.53. The van der Waals surface area contributed by atoms with E-state index < -0.39 is 6.09 Å². The molecule has 1 aliphatic heterocycles. The zero-order valence-corrected chi connectivity index (χ0v) is 20.1. The summed E-state index contributed by atoms with van der Waals surface area (Å²) in [6, 6.07) is 13.6. The number of nitrogens with zero attached hydrogens (tertiary/aromatic N) is 6. The van der Waals surface area contributed by atoms with E-state index in [9.17, 15) is 14.7 Å². The fourth-order valence-electron chi connectivity index (χ4n) is 5.50. The third-order valence-electron chi connectivity index (χ3n) is 7.42. The second kappa shape index (κ2) is 8.44. The van der Waals surface area contributed by atoms with Crippen LogP contribution in [0.15, 0.2) is 59.7 Å². The maximum atomic E-state index is 13.5. The number of aryl methyl sites for hydroxylation is 1. The first-order valence-electron chi connectivity index (χ1n) is 12.2. The molecule has 9 heteroatoms. The SMILES string of the molecule is CCC1CC(n2c(=O)n(C)c3cnc4ccc(-c5cnc6ccccc6c5)nc4c32)CCN1C(=O)O. The summed E-state index contributed by atoms with van der Waals surface area (Å²) in [6.45, 7) is 2.38. The summed E-state index contributed by atoms with van der Waals surface area (Å²) >= 11 is 0. The Morgan fingerprint density at radius 1 is 1.11 bits per heavy atom. The Bertz CT molecular complexity index is 1710. The quantitative estimate of drug-likeness (QED) is 0.403. The van der Waals surface area contributed by atoms with Gasteiger partial charge in [-0.05, 0) is 43.5 Å². The van der Waals surface area contributed by atoms with Crippen LogP contribution in [0.2, 0.25) is 0 Å². The van der Waals surface area contributed by atoms with E-state index in [1.807, 2.05) is 54.1 Å². The van der Waals surface area contributed by atoms with Gasteiger partial charge >= 0.3 is 11.8 Å². The number of benzene rings is 1. The van der Waals surface area contributed by atoms with Gasteiger partial charge in [-0.15, -0.1) is 0 Å². The highest BCUT2D eigenvalue weighted by atomic mass is 16.4. The molecule has 0 aliphatic carbocycles. The van der Waals surface area contributed by atoms with Crippen molar-refractivity contribution in [3.05, 3.63) is 65.3 Å². The molecule has 2 unspecified atom stereocenters. The summed E-state index contributed by atoms with van der Waals surface area (Å²) in [5.41, 5.74) is 5.24. The Kier molecular flexibility index (Phi) is 5.21. The standard InChI is InChI=1S/C27H26N6O3/c1-3-18-13-19(10-11-32(18)27(35)36)33-25-23(31(2)26(33)34)15-29-22-9-8-21(30-24(22)25)17-12-16-6-4-5-7-20(16)28-14-17/h4-9,12,14-15,18-19H,3,10-11,13H2,1-2H3,(H,35,36). The average molecular weight is 483 g/mol. The number of rotatable bonds is 3. The number of fused-ring (bicyclic) bond motifs is 4. The van der Waals surface area contributed by atoms with Gasteiger partial charge in [0.2, 0.25) is 0 Å². The van der Waals surface area contributed by atoms with Gasteiger partial charge in [-0.3, -0.25) is 19.1 Å². The Hall–Kier alpha value is -4.27. The van der Waals surface area contributed by atoms with E-state index >= 15 is 0 Å². The fraction of sp³-hybridized carbons (Fsp3) is 0.296. The predicted octanol–water partition coefficient (Wildman–Crippen LogP) is 4.59. The highest BCUT2D eigenvalue weighted by Crippen LogP contribution is 2.33. The van der Waals surface area contributed by atoms with Crippen molar-refractivity contribution in [3.8, 4) is 11.3 Å². The molecule has 0 saturated carbocycles. The smallest absolute Gasteiger partial charge is 0.407 e. The van der Waals surface area contributed by atoms with Crippen molar-refractivity contribution >= 4 is 39.1 Å². The lowest BCUT2D eigenvalue weighted by Gasteiger charge is -2.37. The topological polar surface area (TPSA) is 106 Å². The van der Waals surface area contributed by atoms with E-state index in [-0.39, 0.29) is 17.8 Å². The molecule has 5 heterocycles. The van der Waals surface area contributed by atoms with E-state index in [0.717, 1.165) is 27.7 Å². The third kappa shape index (κ3) is 3.42. The molecule has 0 radical (unpaired) electrons. The van der Waals surface area contributed by atoms with E-state index in [0.29, 0.717) is 42.4 Å². The molecular weight excluding hydrogens is 456 g/mol. The number of aromatic nitrogens is 5. The number of amides is 1. The molecule has 1 N–H and O–H groups in total. The van der Waals surface area contributed by atoms with E-state index in [1.165, 1.54) is 4.90 Å². The van der Waals surface area contributed by atoms with Gasteiger partial charge in [0, 0.05) is 42.8 Å². The molecule has 5 aromatic rings. The number of carbonyl (C=O) groups is 1. The molecule has 1 fully saturated rings. The number of pyridine rings is 3. The number of imidazole rings is 1. The summed E-state index contributed by atoms with van der Waals surface area (Å²) in [5.74, 6) is 0. The molecule has 9 nitrogen and oxygen atoms in total. The number of para-hydroxylation sites is 1. The van der Waals surface area contributed by atoms with Crippen LogP contribution in [-0.4, -0.2) is 52.8 Å². The summed E-state index contributed by atoms with van der Waals surface area (Å²) in [4.78, 5) is 40.8. The lowest BCUT2D eigenvalue weighted by Crippen LogP contribution is -2.46. The van der Waals surface area contributed by atoms with Crippen molar-refractivity contribution in [2.75, 3.05) is 6.54 Å². The van der Waals surface area contributed by atoms with Crippen molar-refractivity contribution < 1.29 is 9.90 Å². The highest BCUT2D eigenvalue weighted by Gasteiger charge is 2.33. The van der Waals surface area contributed by atoms with Crippen molar-refractivity contribution in [1.82, 2.24) is 29.0 Å². The molecule has 0 spiro atoms. The van der Waals surface area contributed by atoms with E-state index in [2.05, 4.69) is 16.0 Å². The van der Waals surface area contributed by atoms with Gasteiger partial charge in [-0.1, -0.05) is 25.1 Å². The number of carboxylic acid groups (broad SMARTS) is 1. The number of hydrogen-bond acceptors (Lipinski definition) is 5. The van der Waals surface area contributed by atoms with Gasteiger partial charge in [0.1, 0.15) is 5.52 Å². The average Bonchev–Trinajstić information content (AvgIpc) is 3.17. The van der Waals surface area contributed by atoms with E-state index in [1.54, 1.807) is 17.8 Å². The first-order valence-corrected chi connectivity index (χ1v) is 12.2. The Morgan fingerprint density at radius 2 is 1.92 bits per heavy atom. The molecule has 1 aromatic carbocycles. The van der Waals surface area contributed by atoms with E-state index in [4.69, 9.17) is 4.98 Å². The highest BCUT2D eigenvalue weighted by molar-refractivity contribution is 6.00. The van der Waals surface area contributed by atoms with Crippen molar-refractivity contribution in [2.24, 2.45) is 7.05 Å². The van der Waals surface area contributed by atoms with Crippen LogP contribution in [0.25, 0.3) is 44.2 Å². The largest absolute Gasteiger partial charge is 0.465 e. The lowest BCUT2D eigenvalue weighted by molar-refractivity contribution is 0.0899. The van der Waals surface area contributed by atoms with Crippen LogP contribution in [0.4, 0.5) is 4.79 Å². The molecule has 1 saturated heterocycles. The number of likely N-dealkylation sites (tertiary alicyclic amines) is 1. The van der Waals surface area contributed by atoms with Gasteiger partial charge in [0.05, 0.1) is 34.0 Å². The van der Waals surface area contributed by atoms with Crippen LogP contribution in [0, 0.1) is 0 Å². The second-order valence-corrected chi connectivity index (χ2v) is 9.40. The number of hydrogen-bond donors (Lipinski definition) is 1. The van der Waals surface area contributed by atoms with Crippen LogP contribution in [-0.2, 0) is 7.05 Å². The molecule has 0 bridgehead atoms.